The van der Waals surface area contributed by atoms with Crippen LogP contribution in [0.25, 0.3) is 0 Å². The molecule has 0 spiro atoms. The molecule has 3 nitrogen and oxygen atoms in total. The minimum absolute atomic E-state index is 0. The molecule has 0 amide bonds. The topological polar surface area (TPSA) is 45.7 Å². The van der Waals surface area contributed by atoms with Crippen molar-refractivity contribution in [2.75, 3.05) is 0 Å². The molecule has 0 aliphatic heterocycles. The molecular weight excluding hydrogens is 162 g/mol. The first-order chi connectivity index (χ1) is 4.75. The Labute approximate surface area is 73.0 Å². The van der Waals surface area contributed by atoms with E-state index in [1.807, 2.05) is 24.0 Å². The molecule has 0 saturated carbocycles. The molecule has 0 bridgehead atoms. The maximum atomic E-state index is 5.79. The summed E-state index contributed by atoms with van der Waals surface area (Å²) in [5.41, 5.74) is 5.79. The third-order valence-electron chi connectivity index (χ3n) is 1.70. The zero-order chi connectivity index (χ0) is 7.56. The van der Waals surface area contributed by atoms with Gasteiger partial charge in [-0.3, -0.25) is 0 Å². The van der Waals surface area contributed by atoms with Gasteiger partial charge in [0.2, 0.25) is 0 Å². The number of nitrogens with one attached hydrogen (secondary N) is 1. The largest absolute Gasteiger partial charge is 1.00 e. The molecule has 0 aliphatic carbocycles. The third-order valence-corrected chi connectivity index (χ3v) is 1.70. The standard InChI is InChI=1S/C7H13N3.ClH/c1-3-6(8)7-9-4-5-10(7)2;/h4-6H,3,8H2,1-2H3;1H. The molecule has 11 heavy (non-hydrogen) atoms. The van der Waals surface area contributed by atoms with Crippen molar-refractivity contribution in [3.8, 4) is 0 Å². The second kappa shape index (κ2) is 4.36. The predicted molar refractivity (Wildman–Crippen MR) is 39.2 cm³/mol. The first-order valence-corrected chi connectivity index (χ1v) is 3.54. The Kier molecular flexibility index (Phi) is 4.15. The highest BCUT2D eigenvalue weighted by atomic mass is 35.5. The summed E-state index contributed by atoms with van der Waals surface area (Å²) in [5, 5.41) is 0. The minimum atomic E-state index is 0. The maximum Gasteiger partial charge on any atom is 0.271 e. The van der Waals surface area contributed by atoms with Crippen LogP contribution in [0.15, 0.2) is 12.4 Å². The summed E-state index contributed by atoms with van der Waals surface area (Å²) in [6, 6.07) is 0.139. The van der Waals surface area contributed by atoms with Crippen molar-refractivity contribution in [2.24, 2.45) is 12.8 Å². The number of hydrogen-bond acceptors (Lipinski definition) is 1. The lowest BCUT2D eigenvalue weighted by atomic mass is 10.2. The molecule has 0 aromatic carbocycles. The fraction of sp³-hybridized carbons (Fsp3) is 0.571. The SMILES string of the molecule is CCC(N)c1[nH]cc[n+]1C.[Cl-]. The summed E-state index contributed by atoms with van der Waals surface area (Å²) >= 11 is 0. The highest BCUT2D eigenvalue weighted by Crippen LogP contribution is 2.03. The van der Waals surface area contributed by atoms with E-state index >= 15 is 0 Å². The molecule has 0 saturated heterocycles. The highest BCUT2D eigenvalue weighted by molar-refractivity contribution is 4.84. The van der Waals surface area contributed by atoms with Gasteiger partial charge in [0.05, 0.1) is 7.05 Å². The van der Waals surface area contributed by atoms with Crippen molar-refractivity contribution < 1.29 is 17.0 Å². The van der Waals surface area contributed by atoms with Crippen molar-refractivity contribution in [2.45, 2.75) is 19.4 Å². The van der Waals surface area contributed by atoms with E-state index in [1.165, 1.54) is 0 Å². The van der Waals surface area contributed by atoms with Gasteiger partial charge >= 0.3 is 0 Å². The van der Waals surface area contributed by atoms with Gasteiger partial charge in [-0.2, -0.15) is 0 Å². The molecule has 64 valence electrons. The summed E-state index contributed by atoms with van der Waals surface area (Å²) in [6.07, 6.45) is 4.82. The van der Waals surface area contributed by atoms with Crippen LogP contribution >= 0.6 is 0 Å². The van der Waals surface area contributed by atoms with Crippen LogP contribution in [0, 0.1) is 0 Å². The summed E-state index contributed by atoms with van der Waals surface area (Å²) in [7, 11) is 1.99. The van der Waals surface area contributed by atoms with Crippen molar-refractivity contribution >= 4 is 0 Å². The highest BCUT2D eigenvalue weighted by Gasteiger charge is 2.13. The van der Waals surface area contributed by atoms with Gasteiger partial charge in [-0.15, -0.1) is 0 Å². The van der Waals surface area contributed by atoms with E-state index in [4.69, 9.17) is 5.73 Å². The number of H-pyrrole nitrogens is 1. The predicted octanol–water partition coefficient (Wildman–Crippen LogP) is -2.75. The molecule has 3 N–H and O–H groups in total. The van der Waals surface area contributed by atoms with E-state index in [1.54, 1.807) is 0 Å². The number of imidazole rings is 1. The minimum Gasteiger partial charge on any atom is -1.00 e. The zero-order valence-corrected chi connectivity index (χ0v) is 7.60. The molecule has 1 unspecified atom stereocenters. The number of rotatable bonds is 2. The van der Waals surface area contributed by atoms with Crippen molar-refractivity contribution in [3.63, 3.8) is 0 Å². The molecule has 0 fully saturated rings. The number of aromatic nitrogens is 2. The summed E-state index contributed by atoms with van der Waals surface area (Å²) < 4.78 is 2.01. The first-order valence-electron chi connectivity index (χ1n) is 3.54. The number of nitrogens with two attached hydrogens (primary N) is 1. The second-order valence-corrected chi connectivity index (χ2v) is 2.47. The van der Waals surface area contributed by atoms with Gasteiger partial charge in [-0.1, -0.05) is 6.92 Å². The van der Waals surface area contributed by atoms with Crippen LogP contribution in [0.5, 0.6) is 0 Å². The van der Waals surface area contributed by atoms with Gasteiger partial charge in [-0.25, -0.2) is 9.55 Å². The Morgan fingerprint density at radius 1 is 1.73 bits per heavy atom. The molecular formula is C7H14ClN3. The molecule has 1 aromatic rings. The van der Waals surface area contributed by atoms with Crippen LogP contribution in [0.1, 0.15) is 25.2 Å². The van der Waals surface area contributed by atoms with Crippen molar-refractivity contribution in [3.05, 3.63) is 18.2 Å². The van der Waals surface area contributed by atoms with Crippen LogP contribution in [0.2, 0.25) is 0 Å². The molecule has 1 rings (SSSR count). The normalized spacial score (nSPS) is 12.3. The summed E-state index contributed by atoms with van der Waals surface area (Å²) in [5.74, 6) is 1.09. The van der Waals surface area contributed by atoms with E-state index in [-0.39, 0.29) is 18.4 Å². The average molecular weight is 176 g/mol. The molecule has 1 atom stereocenters. The van der Waals surface area contributed by atoms with E-state index in [9.17, 15) is 0 Å². The Hall–Kier alpha value is -0.540. The van der Waals surface area contributed by atoms with Crippen LogP contribution < -0.4 is 22.7 Å². The third kappa shape index (κ3) is 2.20. The lowest BCUT2D eigenvalue weighted by molar-refractivity contribution is -0.679. The quantitative estimate of drug-likeness (QED) is 0.471. The van der Waals surface area contributed by atoms with Gasteiger partial charge in [0.15, 0.2) is 0 Å². The summed E-state index contributed by atoms with van der Waals surface area (Å²) in [4.78, 5) is 3.09. The smallest absolute Gasteiger partial charge is 0.271 e. The van der Waals surface area contributed by atoms with Gasteiger partial charge in [0.25, 0.3) is 5.82 Å². The fourth-order valence-electron chi connectivity index (χ4n) is 0.979. The number of nitrogens with zero attached hydrogens (tertiary/aromatic N) is 1. The van der Waals surface area contributed by atoms with Gasteiger partial charge < -0.3 is 18.1 Å². The van der Waals surface area contributed by atoms with Gasteiger partial charge in [0.1, 0.15) is 18.4 Å². The maximum absolute atomic E-state index is 5.79. The lowest BCUT2D eigenvalue weighted by Gasteiger charge is -2.00. The van der Waals surface area contributed by atoms with E-state index in [0.29, 0.717) is 0 Å². The monoisotopic (exact) mass is 175 g/mol. The van der Waals surface area contributed by atoms with E-state index in [2.05, 4.69) is 11.9 Å². The number of hydrogen-bond donors (Lipinski definition) is 2. The van der Waals surface area contributed by atoms with Gasteiger partial charge in [-0.05, 0) is 6.42 Å². The van der Waals surface area contributed by atoms with Crippen LogP contribution in [0.4, 0.5) is 0 Å². The molecule has 1 aromatic heterocycles. The van der Waals surface area contributed by atoms with Gasteiger partial charge in [0, 0.05) is 0 Å². The molecule has 0 aliphatic rings. The Balaban J connectivity index is 0.000001000. The molecule has 0 radical (unpaired) electrons. The van der Waals surface area contributed by atoms with E-state index < -0.39 is 0 Å². The number of aryl methyl sites for hydroxylation is 1. The molecule has 4 heteroatoms. The summed E-state index contributed by atoms with van der Waals surface area (Å²) in [6.45, 7) is 2.07. The fourth-order valence-corrected chi connectivity index (χ4v) is 0.979. The zero-order valence-electron chi connectivity index (χ0n) is 6.84. The first kappa shape index (κ1) is 10.5. The average Bonchev–Trinajstić information content (AvgIpc) is 2.34. The lowest BCUT2D eigenvalue weighted by Crippen LogP contribution is -3.00. The van der Waals surface area contributed by atoms with Crippen LogP contribution in [0.3, 0.4) is 0 Å². The van der Waals surface area contributed by atoms with Crippen molar-refractivity contribution in [1.82, 2.24) is 4.98 Å². The van der Waals surface area contributed by atoms with Crippen molar-refractivity contribution in [1.29, 1.82) is 0 Å². The Morgan fingerprint density at radius 3 is 2.73 bits per heavy atom. The Bertz CT molecular complexity index is 209. The van der Waals surface area contributed by atoms with Crippen LogP contribution in [-0.2, 0) is 7.05 Å². The number of halogens is 1. The van der Waals surface area contributed by atoms with E-state index in [0.717, 1.165) is 12.2 Å². The van der Waals surface area contributed by atoms with Crippen LogP contribution in [-0.4, -0.2) is 4.98 Å². The second-order valence-electron chi connectivity index (χ2n) is 2.47. The Morgan fingerprint density at radius 2 is 2.36 bits per heavy atom. The molecule has 1 heterocycles. The number of aromatic amines is 1.